The molecular formula is C13H26N2O3. The summed E-state index contributed by atoms with van der Waals surface area (Å²) in [5.41, 5.74) is 5.84. The van der Waals surface area contributed by atoms with Gasteiger partial charge in [-0.25, -0.2) is 0 Å². The Bertz CT molecular complexity index is 297. The summed E-state index contributed by atoms with van der Waals surface area (Å²) in [7, 11) is 0. The molecule has 0 bridgehead atoms. The molecule has 1 amide bonds. The maximum atomic E-state index is 12.0. The van der Waals surface area contributed by atoms with E-state index < -0.39 is 11.9 Å². The fourth-order valence-electron chi connectivity index (χ4n) is 1.44. The van der Waals surface area contributed by atoms with Crippen LogP contribution in [-0.2, 0) is 9.59 Å². The van der Waals surface area contributed by atoms with Crippen LogP contribution in [0.4, 0.5) is 0 Å². The van der Waals surface area contributed by atoms with Crippen molar-refractivity contribution in [3.8, 4) is 0 Å². The summed E-state index contributed by atoms with van der Waals surface area (Å²) in [5.74, 6) is -1.52. The predicted octanol–water partition coefficient (Wildman–Crippen LogP) is 1.32. The van der Waals surface area contributed by atoms with Crippen molar-refractivity contribution < 1.29 is 14.7 Å². The van der Waals surface area contributed by atoms with E-state index in [1.165, 1.54) is 0 Å². The SMILES string of the molecule is CCN(CC(C)C(=O)O)C(=O)CC(N)C(C)(C)C. The molecule has 0 heterocycles. The van der Waals surface area contributed by atoms with Crippen LogP contribution in [-0.4, -0.2) is 41.0 Å². The second-order valence-electron chi connectivity index (χ2n) is 5.85. The predicted molar refractivity (Wildman–Crippen MR) is 71.1 cm³/mol. The van der Waals surface area contributed by atoms with Crippen molar-refractivity contribution in [2.75, 3.05) is 13.1 Å². The number of carbonyl (C=O) groups is 2. The first-order valence-corrected chi connectivity index (χ1v) is 6.35. The molecule has 5 nitrogen and oxygen atoms in total. The third-order valence-corrected chi connectivity index (χ3v) is 3.16. The molecule has 106 valence electrons. The van der Waals surface area contributed by atoms with Crippen LogP contribution < -0.4 is 5.73 Å². The van der Waals surface area contributed by atoms with Crippen molar-refractivity contribution in [3.05, 3.63) is 0 Å². The van der Waals surface area contributed by atoms with Gasteiger partial charge < -0.3 is 15.7 Å². The summed E-state index contributed by atoms with van der Waals surface area (Å²) in [6, 6.07) is -0.223. The minimum atomic E-state index is -0.888. The average molecular weight is 258 g/mol. The normalized spacial score (nSPS) is 15.0. The van der Waals surface area contributed by atoms with Gasteiger partial charge in [-0.3, -0.25) is 9.59 Å². The molecule has 2 unspecified atom stereocenters. The molecule has 0 saturated heterocycles. The molecule has 0 rings (SSSR count). The number of amides is 1. The lowest BCUT2D eigenvalue weighted by atomic mass is 9.85. The third-order valence-electron chi connectivity index (χ3n) is 3.16. The van der Waals surface area contributed by atoms with E-state index in [0.717, 1.165) is 0 Å². The van der Waals surface area contributed by atoms with Gasteiger partial charge >= 0.3 is 5.97 Å². The number of carboxylic acids is 1. The average Bonchev–Trinajstić information content (AvgIpc) is 2.23. The van der Waals surface area contributed by atoms with Gasteiger partial charge in [0, 0.05) is 25.6 Å². The Balaban J connectivity index is 4.49. The Kier molecular flexibility index (Phi) is 6.32. The van der Waals surface area contributed by atoms with Crippen LogP contribution in [0, 0.1) is 11.3 Å². The molecule has 0 fully saturated rings. The molecule has 2 atom stereocenters. The second kappa shape index (κ2) is 6.73. The van der Waals surface area contributed by atoms with Gasteiger partial charge in [-0.15, -0.1) is 0 Å². The van der Waals surface area contributed by atoms with Crippen LogP contribution in [0.2, 0.25) is 0 Å². The molecule has 0 aliphatic heterocycles. The zero-order chi connectivity index (χ0) is 14.5. The highest BCUT2D eigenvalue weighted by molar-refractivity contribution is 5.78. The van der Waals surface area contributed by atoms with Crippen LogP contribution in [0.3, 0.4) is 0 Å². The summed E-state index contributed by atoms with van der Waals surface area (Å²) in [4.78, 5) is 24.4. The van der Waals surface area contributed by atoms with Crippen molar-refractivity contribution in [3.63, 3.8) is 0 Å². The number of carbonyl (C=O) groups excluding carboxylic acids is 1. The fraction of sp³-hybridized carbons (Fsp3) is 0.846. The maximum Gasteiger partial charge on any atom is 0.308 e. The Morgan fingerprint density at radius 2 is 1.83 bits per heavy atom. The van der Waals surface area contributed by atoms with Crippen LogP contribution in [0.25, 0.3) is 0 Å². The molecule has 5 heteroatoms. The van der Waals surface area contributed by atoms with Gasteiger partial charge in [0.25, 0.3) is 0 Å². The minimum Gasteiger partial charge on any atom is -0.481 e. The Morgan fingerprint density at radius 1 is 1.33 bits per heavy atom. The standard InChI is InChI=1S/C13H26N2O3/c1-6-15(8-9(2)12(17)18)11(16)7-10(14)13(3,4)5/h9-10H,6-8,14H2,1-5H3,(H,17,18). The lowest BCUT2D eigenvalue weighted by Gasteiger charge is -2.30. The summed E-state index contributed by atoms with van der Waals surface area (Å²) in [6.07, 6.45) is 0.254. The number of hydrogen-bond donors (Lipinski definition) is 2. The second-order valence-corrected chi connectivity index (χ2v) is 5.85. The van der Waals surface area contributed by atoms with Crippen molar-refractivity contribution in [2.24, 2.45) is 17.1 Å². The van der Waals surface area contributed by atoms with Gasteiger partial charge in [-0.1, -0.05) is 27.7 Å². The lowest BCUT2D eigenvalue weighted by molar-refractivity contribution is -0.143. The molecule has 0 spiro atoms. The monoisotopic (exact) mass is 258 g/mol. The van der Waals surface area contributed by atoms with Crippen molar-refractivity contribution in [2.45, 2.75) is 47.1 Å². The van der Waals surface area contributed by atoms with Crippen LogP contribution >= 0.6 is 0 Å². The van der Waals surface area contributed by atoms with Crippen LogP contribution in [0.5, 0.6) is 0 Å². The van der Waals surface area contributed by atoms with E-state index in [1.807, 2.05) is 27.7 Å². The first-order valence-electron chi connectivity index (χ1n) is 6.35. The van der Waals surface area contributed by atoms with Gasteiger partial charge in [0.2, 0.25) is 5.91 Å². The van der Waals surface area contributed by atoms with Gasteiger partial charge in [0.1, 0.15) is 0 Å². The van der Waals surface area contributed by atoms with Crippen molar-refractivity contribution in [1.29, 1.82) is 0 Å². The van der Waals surface area contributed by atoms with E-state index >= 15 is 0 Å². The zero-order valence-corrected chi connectivity index (χ0v) is 12.1. The van der Waals surface area contributed by atoms with E-state index in [0.29, 0.717) is 6.54 Å². The number of hydrogen-bond acceptors (Lipinski definition) is 3. The molecule has 0 saturated carbocycles. The zero-order valence-electron chi connectivity index (χ0n) is 12.1. The molecule has 18 heavy (non-hydrogen) atoms. The molecule has 0 radical (unpaired) electrons. The summed E-state index contributed by atoms with van der Waals surface area (Å²) >= 11 is 0. The van der Waals surface area contributed by atoms with E-state index in [4.69, 9.17) is 10.8 Å². The third kappa shape index (κ3) is 5.49. The number of rotatable bonds is 6. The number of aliphatic carboxylic acids is 1. The Morgan fingerprint density at radius 3 is 2.17 bits per heavy atom. The molecule has 0 aromatic carbocycles. The first-order chi connectivity index (χ1) is 8.09. The maximum absolute atomic E-state index is 12.0. The van der Waals surface area contributed by atoms with E-state index in [9.17, 15) is 9.59 Å². The highest BCUT2D eigenvalue weighted by Crippen LogP contribution is 2.20. The Hall–Kier alpha value is -1.10. The summed E-state index contributed by atoms with van der Waals surface area (Å²) in [6.45, 7) is 10.1. The van der Waals surface area contributed by atoms with Gasteiger partial charge in [-0.2, -0.15) is 0 Å². The Labute approximate surface area is 109 Å². The van der Waals surface area contributed by atoms with Gasteiger partial charge in [0.05, 0.1) is 5.92 Å². The largest absolute Gasteiger partial charge is 0.481 e. The summed E-state index contributed by atoms with van der Waals surface area (Å²) in [5, 5.41) is 8.86. The van der Waals surface area contributed by atoms with Crippen LogP contribution in [0.1, 0.15) is 41.0 Å². The van der Waals surface area contributed by atoms with Crippen LogP contribution in [0.15, 0.2) is 0 Å². The topological polar surface area (TPSA) is 83.6 Å². The number of carboxylic acid groups (broad SMARTS) is 1. The molecule has 0 aliphatic rings. The molecule has 0 aromatic rings. The number of nitrogens with two attached hydrogens (primary N) is 1. The highest BCUT2D eigenvalue weighted by atomic mass is 16.4. The van der Waals surface area contributed by atoms with Gasteiger partial charge in [0.15, 0.2) is 0 Å². The smallest absolute Gasteiger partial charge is 0.308 e. The molecule has 0 aliphatic carbocycles. The lowest BCUT2D eigenvalue weighted by Crippen LogP contribution is -2.43. The molecular weight excluding hydrogens is 232 g/mol. The molecule has 0 aromatic heterocycles. The van der Waals surface area contributed by atoms with E-state index in [-0.39, 0.29) is 30.3 Å². The minimum absolute atomic E-state index is 0.0759. The number of nitrogens with zero attached hydrogens (tertiary/aromatic N) is 1. The van der Waals surface area contributed by atoms with E-state index in [1.54, 1.807) is 11.8 Å². The summed E-state index contributed by atoms with van der Waals surface area (Å²) < 4.78 is 0. The van der Waals surface area contributed by atoms with E-state index in [2.05, 4.69) is 0 Å². The fourth-order valence-corrected chi connectivity index (χ4v) is 1.44. The first kappa shape index (κ1) is 16.9. The molecule has 3 N–H and O–H groups in total. The highest BCUT2D eigenvalue weighted by Gasteiger charge is 2.26. The van der Waals surface area contributed by atoms with Crippen molar-refractivity contribution in [1.82, 2.24) is 4.90 Å². The van der Waals surface area contributed by atoms with Gasteiger partial charge in [-0.05, 0) is 12.3 Å². The van der Waals surface area contributed by atoms with Crippen molar-refractivity contribution >= 4 is 11.9 Å². The quantitative estimate of drug-likeness (QED) is 0.752.